The van der Waals surface area contributed by atoms with Crippen molar-refractivity contribution >= 4 is 29.1 Å². The zero-order valence-electron chi connectivity index (χ0n) is 13.2. The Morgan fingerprint density at radius 2 is 1.74 bits per heavy atom. The van der Waals surface area contributed by atoms with Gasteiger partial charge in [0.1, 0.15) is 0 Å². The molecule has 2 saturated heterocycles. The first-order valence-corrected chi connectivity index (χ1v) is 8.01. The summed E-state index contributed by atoms with van der Waals surface area (Å²) >= 11 is 0. The number of nitrogens with zero attached hydrogens (tertiary/aromatic N) is 2. The zero-order chi connectivity index (χ0) is 16.4. The van der Waals surface area contributed by atoms with Gasteiger partial charge in [0.05, 0.1) is 0 Å². The maximum absolute atomic E-state index is 12.3. The number of piperidine rings is 1. The quantitative estimate of drug-likeness (QED) is 0.862. The Morgan fingerprint density at radius 3 is 2.22 bits per heavy atom. The Hall–Kier alpha value is -2.37. The van der Waals surface area contributed by atoms with E-state index in [1.165, 1.54) is 0 Å². The molecular formula is C17H21N3O3. The van der Waals surface area contributed by atoms with Crippen LogP contribution in [0.25, 0.3) is 0 Å². The van der Waals surface area contributed by atoms with Gasteiger partial charge in [-0.05, 0) is 37.1 Å². The highest BCUT2D eigenvalue weighted by atomic mass is 16.2. The molecule has 1 N–H and O–H groups in total. The fraction of sp³-hybridized carbons (Fsp3) is 0.471. The predicted molar refractivity (Wildman–Crippen MR) is 87.0 cm³/mol. The van der Waals surface area contributed by atoms with E-state index in [0.29, 0.717) is 32.4 Å². The van der Waals surface area contributed by atoms with E-state index >= 15 is 0 Å². The molecule has 122 valence electrons. The third kappa shape index (κ3) is 3.36. The minimum absolute atomic E-state index is 0.000906. The second-order valence-corrected chi connectivity index (χ2v) is 6.11. The van der Waals surface area contributed by atoms with Crippen molar-refractivity contribution in [1.29, 1.82) is 0 Å². The summed E-state index contributed by atoms with van der Waals surface area (Å²) in [4.78, 5) is 38.5. The van der Waals surface area contributed by atoms with Gasteiger partial charge in [0.25, 0.3) is 0 Å². The molecule has 0 spiro atoms. The van der Waals surface area contributed by atoms with Crippen LogP contribution < -0.4 is 10.2 Å². The average Bonchev–Trinajstić information content (AvgIpc) is 2.55. The van der Waals surface area contributed by atoms with E-state index in [1.54, 1.807) is 16.7 Å². The molecule has 3 amide bonds. The van der Waals surface area contributed by atoms with E-state index < -0.39 is 0 Å². The largest absolute Gasteiger partial charge is 0.343 e. The topological polar surface area (TPSA) is 69.7 Å². The van der Waals surface area contributed by atoms with E-state index in [4.69, 9.17) is 0 Å². The molecule has 1 aromatic carbocycles. The monoisotopic (exact) mass is 315 g/mol. The molecule has 2 heterocycles. The standard InChI is InChI=1S/C17H21N3O3/c1-12(21)19-9-6-13(7-10-19)17(23)18-14-2-4-15(5-3-14)20-11-8-16(20)22/h2-5,13H,6-11H2,1H3,(H,18,23). The van der Waals surface area contributed by atoms with Gasteiger partial charge >= 0.3 is 0 Å². The Bertz CT molecular complexity index is 618. The van der Waals surface area contributed by atoms with Crippen LogP contribution in [0.15, 0.2) is 24.3 Å². The number of amides is 3. The number of benzene rings is 1. The van der Waals surface area contributed by atoms with Crippen LogP contribution in [0.5, 0.6) is 0 Å². The number of β-lactam (4-membered cyclic amide) rings is 1. The lowest BCUT2D eigenvalue weighted by molar-refractivity contribution is -0.132. The molecule has 23 heavy (non-hydrogen) atoms. The molecule has 1 aromatic rings. The van der Waals surface area contributed by atoms with Gasteiger partial charge in [-0.3, -0.25) is 14.4 Å². The summed E-state index contributed by atoms with van der Waals surface area (Å²) in [5.41, 5.74) is 1.61. The highest BCUT2D eigenvalue weighted by molar-refractivity contribution is 5.99. The Morgan fingerprint density at radius 1 is 1.09 bits per heavy atom. The number of carbonyl (C=O) groups is 3. The van der Waals surface area contributed by atoms with Crippen molar-refractivity contribution in [2.75, 3.05) is 29.9 Å². The third-order valence-electron chi connectivity index (χ3n) is 4.61. The van der Waals surface area contributed by atoms with E-state index in [0.717, 1.165) is 17.9 Å². The second kappa shape index (κ2) is 6.40. The summed E-state index contributed by atoms with van der Waals surface area (Å²) < 4.78 is 0. The molecule has 0 bridgehead atoms. The number of hydrogen-bond acceptors (Lipinski definition) is 3. The van der Waals surface area contributed by atoms with Gasteiger partial charge in [-0.1, -0.05) is 0 Å². The van der Waals surface area contributed by atoms with E-state index in [2.05, 4.69) is 5.32 Å². The molecule has 0 atom stereocenters. The van der Waals surface area contributed by atoms with Gasteiger partial charge in [-0.25, -0.2) is 0 Å². The zero-order valence-corrected chi connectivity index (χ0v) is 13.2. The molecule has 2 fully saturated rings. The molecule has 0 aromatic heterocycles. The summed E-state index contributed by atoms with van der Waals surface area (Å²) in [6.45, 7) is 3.61. The van der Waals surface area contributed by atoms with Crippen LogP contribution in [0, 0.1) is 5.92 Å². The van der Waals surface area contributed by atoms with Crippen molar-refractivity contribution in [2.24, 2.45) is 5.92 Å². The number of carbonyl (C=O) groups excluding carboxylic acids is 3. The summed E-state index contributed by atoms with van der Waals surface area (Å²) in [7, 11) is 0. The second-order valence-electron chi connectivity index (χ2n) is 6.11. The summed E-state index contributed by atoms with van der Waals surface area (Å²) in [5, 5.41) is 2.92. The van der Waals surface area contributed by atoms with Crippen LogP contribution in [0.4, 0.5) is 11.4 Å². The van der Waals surface area contributed by atoms with Crippen LogP contribution in [0.1, 0.15) is 26.2 Å². The number of hydrogen-bond donors (Lipinski definition) is 1. The normalized spacial score (nSPS) is 18.6. The fourth-order valence-electron chi connectivity index (χ4n) is 3.01. The van der Waals surface area contributed by atoms with Crippen molar-refractivity contribution in [1.82, 2.24) is 4.90 Å². The maximum atomic E-state index is 12.3. The van der Waals surface area contributed by atoms with Crippen molar-refractivity contribution in [3.63, 3.8) is 0 Å². The number of likely N-dealkylation sites (tertiary alicyclic amines) is 1. The SMILES string of the molecule is CC(=O)N1CCC(C(=O)Nc2ccc(N3CCC3=O)cc2)CC1. The van der Waals surface area contributed by atoms with E-state index in [9.17, 15) is 14.4 Å². The Kier molecular flexibility index (Phi) is 4.32. The Balaban J connectivity index is 1.54. The molecule has 0 radical (unpaired) electrons. The van der Waals surface area contributed by atoms with E-state index in [1.807, 2.05) is 24.3 Å². The summed E-state index contributed by atoms with van der Waals surface area (Å²) in [6, 6.07) is 7.35. The molecule has 0 unspecified atom stereocenters. The summed E-state index contributed by atoms with van der Waals surface area (Å²) in [6.07, 6.45) is 2.01. The molecule has 3 rings (SSSR count). The van der Waals surface area contributed by atoms with Crippen molar-refractivity contribution in [3.8, 4) is 0 Å². The smallest absolute Gasteiger partial charge is 0.228 e. The fourth-order valence-corrected chi connectivity index (χ4v) is 3.01. The number of anilines is 2. The lowest BCUT2D eigenvalue weighted by Crippen LogP contribution is -2.43. The minimum Gasteiger partial charge on any atom is -0.343 e. The third-order valence-corrected chi connectivity index (χ3v) is 4.61. The molecule has 6 nitrogen and oxygen atoms in total. The molecule has 0 aliphatic carbocycles. The van der Waals surface area contributed by atoms with Crippen LogP contribution in [0.3, 0.4) is 0 Å². The number of nitrogens with one attached hydrogen (secondary N) is 1. The van der Waals surface area contributed by atoms with Gasteiger partial charge in [-0.2, -0.15) is 0 Å². The van der Waals surface area contributed by atoms with Crippen LogP contribution in [-0.2, 0) is 14.4 Å². The minimum atomic E-state index is -0.0535. The highest BCUT2D eigenvalue weighted by Gasteiger charge is 2.27. The van der Waals surface area contributed by atoms with Crippen molar-refractivity contribution in [2.45, 2.75) is 26.2 Å². The van der Waals surface area contributed by atoms with Crippen molar-refractivity contribution in [3.05, 3.63) is 24.3 Å². The first-order valence-electron chi connectivity index (χ1n) is 8.01. The molecular weight excluding hydrogens is 294 g/mol. The van der Waals surface area contributed by atoms with E-state index in [-0.39, 0.29) is 23.6 Å². The van der Waals surface area contributed by atoms with Crippen LogP contribution in [-0.4, -0.2) is 42.3 Å². The first kappa shape index (κ1) is 15.5. The van der Waals surface area contributed by atoms with Crippen molar-refractivity contribution < 1.29 is 14.4 Å². The highest BCUT2D eigenvalue weighted by Crippen LogP contribution is 2.24. The molecule has 0 saturated carbocycles. The van der Waals surface area contributed by atoms with Gasteiger partial charge < -0.3 is 15.1 Å². The molecule has 6 heteroatoms. The number of rotatable bonds is 3. The predicted octanol–water partition coefficient (Wildman–Crippen LogP) is 1.62. The lowest BCUT2D eigenvalue weighted by Gasteiger charge is -2.31. The van der Waals surface area contributed by atoms with Crippen LogP contribution >= 0.6 is 0 Å². The first-order chi connectivity index (χ1) is 11.0. The van der Waals surface area contributed by atoms with Gasteiger partial charge in [0, 0.05) is 50.3 Å². The molecule has 2 aliphatic heterocycles. The summed E-state index contributed by atoms with van der Waals surface area (Å²) in [5.74, 6) is 0.155. The lowest BCUT2D eigenvalue weighted by atomic mass is 9.96. The average molecular weight is 315 g/mol. The van der Waals surface area contributed by atoms with Gasteiger partial charge in [0.2, 0.25) is 17.7 Å². The van der Waals surface area contributed by atoms with Gasteiger partial charge in [0.15, 0.2) is 0 Å². The van der Waals surface area contributed by atoms with Crippen LogP contribution in [0.2, 0.25) is 0 Å². The molecule has 2 aliphatic rings. The Labute approximate surface area is 135 Å². The maximum Gasteiger partial charge on any atom is 0.228 e. The van der Waals surface area contributed by atoms with Gasteiger partial charge in [-0.15, -0.1) is 0 Å².